The van der Waals surface area contributed by atoms with Crippen LogP contribution in [-0.2, 0) is 4.79 Å². The molecular weight excluding hydrogens is 158 g/mol. The zero-order valence-electron chi connectivity index (χ0n) is 7.39. The lowest BCUT2D eigenvalue weighted by Gasteiger charge is -2.08. The van der Waals surface area contributed by atoms with Gasteiger partial charge in [0.05, 0.1) is 0 Å². The first-order valence-electron chi connectivity index (χ1n) is 3.90. The number of nitrogens with two attached hydrogens (primary N) is 1. The maximum atomic E-state index is 10.9. The highest BCUT2D eigenvalue weighted by Crippen LogP contribution is 2.04. The normalized spacial score (nSPS) is 11.8. The molecule has 0 aliphatic carbocycles. The third kappa shape index (κ3) is 5.52. The van der Waals surface area contributed by atoms with Crippen molar-refractivity contribution in [3.05, 3.63) is 0 Å². The molecule has 0 saturated heterocycles. The van der Waals surface area contributed by atoms with E-state index in [0.29, 0.717) is 12.3 Å². The maximum Gasteiger partial charge on any atom is 0.330 e. The molecule has 3 amide bonds. The number of primary amides is 1. The van der Waals surface area contributed by atoms with Gasteiger partial charge in [0.15, 0.2) is 0 Å². The standard InChI is InChI=1S/C7H15N3O2/c1-3-5(2)4-6(11)9-10-7(8)12/h5H,3-4H2,1-2H3,(H,9,11)(H3,8,10,12). The summed E-state index contributed by atoms with van der Waals surface area (Å²) in [5.41, 5.74) is 8.94. The van der Waals surface area contributed by atoms with Gasteiger partial charge in [0.25, 0.3) is 0 Å². The third-order valence-electron chi connectivity index (χ3n) is 1.56. The summed E-state index contributed by atoms with van der Waals surface area (Å²) in [6, 6.07) is -0.757. The van der Waals surface area contributed by atoms with Gasteiger partial charge < -0.3 is 5.73 Å². The van der Waals surface area contributed by atoms with Crippen molar-refractivity contribution in [3.63, 3.8) is 0 Å². The Morgan fingerprint density at radius 3 is 2.42 bits per heavy atom. The minimum Gasteiger partial charge on any atom is -0.350 e. The molecule has 0 bridgehead atoms. The SMILES string of the molecule is CCC(C)CC(=O)NNC(N)=O. The molecule has 12 heavy (non-hydrogen) atoms. The smallest absolute Gasteiger partial charge is 0.330 e. The highest BCUT2D eigenvalue weighted by Gasteiger charge is 2.06. The van der Waals surface area contributed by atoms with Crippen LogP contribution in [0.2, 0.25) is 0 Å². The molecule has 4 N–H and O–H groups in total. The van der Waals surface area contributed by atoms with Gasteiger partial charge in [-0.3, -0.25) is 10.2 Å². The summed E-state index contributed by atoms with van der Waals surface area (Å²) in [4.78, 5) is 21.1. The lowest BCUT2D eigenvalue weighted by molar-refractivity contribution is -0.122. The van der Waals surface area contributed by atoms with Gasteiger partial charge in [-0.2, -0.15) is 0 Å². The Kier molecular flexibility index (Phi) is 4.83. The summed E-state index contributed by atoms with van der Waals surface area (Å²) >= 11 is 0. The van der Waals surface area contributed by atoms with Crippen molar-refractivity contribution >= 4 is 11.9 Å². The highest BCUT2D eigenvalue weighted by molar-refractivity contribution is 5.80. The zero-order chi connectivity index (χ0) is 9.56. The molecule has 0 aromatic carbocycles. The van der Waals surface area contributed by atoms with Crippen LogP contribution in [0.4, 0.5) is 4.79 Å². The van der Waals surface area contributed by atoms with E-state index in [2.05, 4.69) is 5.43 Å². The lowest BCUT2D eigenvalue weighted by atomic mass is 10.1. The van der Waals surface area contributed by atoms with E-state index in [0.717, 1.165) is 6.42 Å². The Bertz CT molecular complexity index is 170. The van der Waals surface area contributed by atoms with E-state index >= 15 is 0 Å². The second-order valence-electron chi connectivity index (χ2n) is 2.75. The Morgan fingerprint density at radius 1 is 1.42 bits per heavy atom. The van der Waals surface area contributed by atoms with Crippen molar-refractivity contribution in [1.29, 1.82) is 0 Å². The molecule has 0 spiro atoms. The van der Waals surface area contributed by atoms with Crippen LogP contribution in [0.1, 0.15) is 26.7 Å². The molecule has 0 radical (unpaired) electrons. The molecule has 0 aliphatic rings. The van der Waals surface area contributed by atoms with Crippen molar-refractivity contribution in [2.24, 2.45) is 11.7 Å². The summed E-state index contributed by atoms with van der Waals surface area (Å²) in [7, 11) is 0. The van der Waals surface area contributed by atoms with Crippen LogP contribution in [0, 0.1) is 5.92 Å². The van der Waals surface area contributed by atoms with Crippen molar-refractivity contribution in [2.75, 3.05) is 0 Å². The van der Waals surface area contributed by atoms with E-state index < -0.39 is 6.03 Å². The second-order valence-corrected chi connectivity index (χ2v) is 2.75. The Hall–Kier alpha value is -1.26. The minimum absolute atomic E-state index is 0.219. The predicted molar refractivity (Wildman–Crippen MR) is 44.9 cm³/mol. The number of nitrogens with one attached hydrogen (secondary N) is 2. The first-order chi connectivity index (χ1) is 5.56. The molecule has 0 aromatic rings. The molecule has 1 atom stereocenters. The number of hydrogen-bond acceptors (Lipinski definition) is 2. The molecule has 0 aliphatic heterocycles. The van der Waals surface area contributed by atoms with Gasteiger partial charge in [-0.25, -0.2) is 10.2 Å². The van der Waals surface area contributed by atoms with Crippen LogP contribution in [0.5, 0.6) is 0 Å². The molecule has 0 heterocycles. The van der Waals surface area contributed by atoms with Crippen LogP contribution in [-0.4, -0.2) is 11.9 Å². The summed E-state index contributed by atoms with van der Waals surface area (Å²) in [5, 5.41) is 0. The van der Waals surface area contributed by atoms with Crippen LogP contribution in [0.25, 0.3) is 0 Å². The lowest BCUT2D eigenvalue weighted by Crippen LogP contribution is -2.44. The van der Waals surface area contributed by atoms with Crippen molar-refractivity contribution in [1.82, 2.24) is 10.9 Å². The first-order valence-corrected chi connectivity index (χ1v) is 3.90. The van der Waals surface area contributed by atoms with Crippen LogP contribution in [0.3, 0.4) is 0 Å². The molecule has 1 unspecified atom stereocenters. The fourth-order valence-electron chi connectivity index (χ4n) is 0.643. The van der Waals surface area contributed by atoms with Crippen LogP contribution < -0.4 is 16.6 Å². The van der Waals surface area contributed by atoms with Gasteiger partial charge in [0.1, 0.15) is 0 Å². The number of amides is 3. The average molecular weight is 173 g/mol. The van der Waals surface area contributed by atoms with Gasteiger partial charge >= 0.3 is 6.03 Å². The first kappa shape index (κ1) is 10.7. The molecular formula is C7H15N3O2. The van der Waals surface area contributed by atoms with Gasteiger partial charge in [-0.1, -0.05) is 20.3 Å². The van der Waals surface area contributed by atoms with Gasteiger partial charge in [0.2, 0.25) is 5.91 Å². The Labute approximate surface area is 71.7 Å². The van der Waals surface area contributed by atoms with Crippen molar-refractivity contribution < 1.29 is 9.59 Å². The number of carbonyl (C=O) groups is 2. The average Bonchev–Trinajstić information content (AvgIpc) is 2.00. The van der Waals surface area contributed by atoms with E-state index in [9.17, 15) is 9.59 Å². The molecule has 70 valence electrons. The summed E-state index contributed by atoms with van der Waals surface area (Å²) in [5.74, 6) is 0.0998. The highest BCUT2D eigenvalue weighted by atomic mass is 16.2. The van der Waals surface area contributed by atoms with E-state index in [4.69, 9.17) is 5.73 Å². The molecule has 0 saturated carbocycles. The fraction of sp³-hybridized carbons (Fsp3) is 0.714. The molecule has 0 fully saturated rings. The van der Waals surface area contributed by atoms with E-state index in [1.165, 1.54) is 0 Å². The Morgan fingerprint density at radius 2 is 2.00 bits per heavy atom. The number of urea groups is 1. The predicted octanol–water partition coefficient (Wildman–Crippen LogP) is 0.122. The summed E-state index contributed by atoms with van der Waals surface area (Å²) < 4.78 is 0. The van der Waals surface area contributed by atoms with Gasteiger partial charge in [0, 0.05) is 6.42 Å². The minimum atomic E-state index is -0.757. The molecule has 5 nitrogen and oxygen atoms in total. The quantitative estimate of drug-likeness (QED) is 0.530. The fourth-order valence-corrected chi connectivity index (χ4v) is 0.643. The zero-order valence-corrected chi connectivity index (χ0v) is 7.39. The van der Waals surface area contributed by atoms with Gasteiger partial charge in [-0.15, -0.1) is 0 Å². The van der Waals surface area contributed by atoms with Crippen LogP contribution in [0.15, 0.2) is 0 Å². The molecule has 5 heteroatoms. The van der Waals surface area contributed by atoms with E-state index in [1.54, 1.807) is 0 Å². The summed E-state index contributed by atoms with van der Waals surface area (Å²) in [6.45, 7) is 3.96. The third-order valence-corrected chi connectivity index (χ3v) is 1.56. The Balaban J connectivity index is 3.53. The van der Waals surface area contributed by atoms with Crippen molar-refractivity contribution in [2.45, 2.75) is 26.7 Å². The van der Waals surface area contributed by atoms with Crippen molar-refractivity contribution in [3.8, 4) is 0 Å². The van der Waals surface area contributed by atoms with E-state index in [-0.39, 0.29) is 5.91 Å². The van der Waals surface area contributed by atoms with Crippen LogP contribution >= 0.6 is 0 Å². The van der Waals surface area contributed by atoms with Gasteiger partial charge in [-0.05, 0) is 5.92 Å². The second kappa shape index (κ2) is 5.40. The number of carbonyl (C=O) groups excluding carboxylic acids is 2. The number of hydrogen-bond donors (Lipinski definition) is 3. The maximum absolute atomic E-state index is 10.9. The number of hydrazine groups is 1. The van der Waals surface area contributed by atoms with E-state index in [1.807, 2.05) is 19.3 Å². The monoisotopic (exact) mass is 173 g/mol. The molecule has 0 rings (SSSR count). The molecule has 0 aromatic heterocycles. The topological polar surface area (TPSA) is 84.2 Å². The largest absolute Gasteiger partial charge is 0.350 e. The summed E-state index contributed by atoms with van der Waals surface area (Å²) in [6.07, 6.45) is 1.33. The number of rotatable bonds is 3.